The van der Waals surface area contributed by atoms with Crippen molar-refractivity contribution in [3.63, 3.8) is 0 Å². The molecular formula is C13H19N3O3S2. The molecule has 0 radical (unpaired) electrons. The largest absolute Gasteiger partial charge is 0.389 e. The molecule has 0 aliphatic carbocycles. The van der Waals surface area contributed by atoms with Crippen LogP contribution in [0.3, 0.4) is 0 Å². The first-order valence-electron chi connectivity index (χ1n) is 6.33. The summed E-state index contributed by atoms with van der Waals surface area (Å²) in [6.07, 6.45) is 0. The number of likely N-dealkylation sites (N-methyl/N-ethyl adjacent to an activating group) is 1. The quantitative estimate of drug-likeness (QED) is 0.736. The van der Waals surface area contributed by atoms with Crippen molar-refractivity contribution in [2.24, 2.45) is 5.73 Å². The monoisotopic (exact) mass is 329 g/mol. The second-order valence-electron chi connectivity index (χ2n) is 4.57. The van der Waals surface area contributed by atoms with E-state index < -0.39 is 10.0 Å². The van der Waals surface area contributed by atoms with Gasteiger partial charge in [-0.25, -0.2) is 13.1 Å². The minimum Gasteiger partial charge on any atom is -0.389 e. The summed E-state index contributed by atoms with van der Waals surface area (Å²) in [6, 6.07) is 4.45. The summed E-state index contributed by atoms with van der Waals surface area (Å²) in [7, 11) is -2.13. The number of rotatable bonds is 6. The molecule has 1 aromatic carbocycles. The Hall–Kier alpha value is -1.51. The lowest BCUT2D eigenvalue weighted by molar-refractivity contribution is -0.128. The fourth-order valence-corrected chi connectivity index (χ4v) is 2.92. The third-order valence-electron chi connectivity index (χ3n) is 3.09. The molecule has 0 saturated carbocycles. The van der Waals surface area contributed by atoms with Crippen LogP contribution in [0.2, 0.25) is 0 Å². The SMILES string of the molecule is CCN(C)C(=O)CNS(=O)(=O)c1ccc(C(N)=S)c(C)c1. The molecule has 0 saturated heterocycles. The average molecular weight is 329 g/mol. The van der Waals surface area contributed by atoms with Gasteiger partial charge in [0.2, 0.25) is 15.9 Å². The van der Waals surface area contributed by atoms with Crippen molar-refractivity contribution in [3.8, 4) is 0 Å². The molecule has 0 fully saturated rings. The molecule has 1 rings (SSSR count). The minimum absolute atomic E-state index is 0.0759. The summed E-state index contributed by atoms with van der Waals surface area (Å²) < 4.78 is 26.6. The maximum atomic E-state index is 12.1. The second kappa shape index (κ2) is 6.97. The zero-order valence-electron chi connectivity index (χ0n) is 12.2. The molecule has 0 unspecified atom stereocenters. The molecule has 0 atom stereocenters. The van der Waals surface area contributed by atoms with E-state index in [0.29, 0.717) is 17.7 Å². The molecule has 8 heteroatoms. The van der Waals surface area contributed by atoms with Crippen LogP contribution in [-0.4, -0.2) is 44.4 Å². The van der Waals surface area contributed by atoms with Gasteiger partial charge in [0.15, 0.2) is 0 Å². The Kier molecular flexibility index (Phi) is 5.82. The van der Waals surface area contributed by atoms with Gasteiger partial charge in [0.25, 0.3) is 0 Å². The van der Waals surface area contributed by atoms with E-state index in [1.54, 1.807) is 20.0 Å². The number of carbonyl (C=O) groups is 1. The minimum atomic E-state index is -3.74. The number of carbonyl (C=O) groups excluding carboxylic acids is 1. The van der Waals surface area contributed by atoms with Gasteiger partial charge in [0, 0.05) is 19.2 Å². The van der Waals surface area contributed by atoms with Gasteiger partial charge in [-0.05, 0) is 31.5 Å². The number of nitrogens with two attached hydrogens (primary N) is 1. The standard InChI is InChI=1S/C13H19N3O3S2/c1-4-16(3)12(17)8-15-21(18,19)10-5-6-11(13(14)20)9(2)7-10/h5-7,15H,4,8H2,1-3H3,(H2,14,20). The van der Waals surface area contributed by atoms with Gasteiger partial charge in [-0.15, -0.1) is 0 Å². The van der Waals surface area contributed by atoms with Crippen molar-refractivity contribution in [1.82, 2.24) is 9.62 Å². The Labute approximate surface area is 130 Å². The first-order chi connectivity index (χ1) is 9.69. The zero-order valence-corrected chi connectivity index (χ0v) is 13.8. The Balaban J connectivity index is 2.91. The van der Waals surface area contributed by atoms with E-state index in [1.807, 2.05) is 6.92 Å². The normalized spacial score (nSPS) is 11.2. The van der Waals surface area contributed by atoms with E-state index in [-0.39, 0.29) is 22.3 Å². The molecule has 21 heavy (non-hydrogen) atoms. The summed E-state index contributed by atoms with van der Waals surface area (Å²) in [5.74, 6) is -0.294. The summed E-state index contributed by atoms with van der Waals surface area (Å²) in [4.78, 5) is 13.4. The molecule has 0 spiro atoms. The molecule has 1 amide bonds. The van der Waals surface area contributed by atoms with E-state index >= 15 is 0 Å². The predicted molar refractivity (Wildman–Crippen MR) is 85.6 cm³/mol. The average Bonchev–Trinajstić information content (AvgIpc) is 2.43. The smallest absolute Gasteiger partial charge is 0.241 e. The number of amides is 1. The summed E-state index contributed by atoms with van der Waals surface area (Å²) >= 11 is 4.88. The van der Waals surface area contributed by atoms with Crippen molar-refractivity contribution < 1.29 is 13.2 Å². The number of benzene rings is 1. The van der Waals surface area contributed by atoms with Gasteiger partial charge in [0.05, 0.1) is 11.4 Å². The van der Waals surface area contributed by atoms with Crippen molar-refractivity contribution in [3.05, 3.63) is 29.3 Å². The first-order valence-corrected chi connectivity index (χ1v) is 8.22. The summed E-state index contributed by atoms with van der Waals surface area (Å²) in [6.45, 7) is 3.78. The first kappa shape index (κ1) is 17.5. The van der Waals surface area contributed by atoms with Crippen LogP contribution in [0, 0.1) is 6.92 Å². The van der Waals surface area contributed by atoms with Gasteiger partial charge in [-0.2, -0.15) is 0 Å². The molecule has 3 N–H and O–H groups in total. The van der Waals surface area contributed by atoms with E-state index in [1.165, 1.54) is 17.0 Å². The fraction of sp³-hybridized carbons (Fsp3) is 0.385. The molecule has 0 aliphatic heterocycles. The maximum absolute atomic E-state index is 12.1. The number of thiocarbonyl (C=S) groups is 1. The Morgan fingerprint density at radius 1 is 1.43 bits per heavy atom. The fourth-order valence-electron chi connectivity index (χ4n) is 1.63. The van der Waals surface area contributed by atoms with E-state index in [9.17, 15) is 13.2 Å². The Morgan fingerprint density at radius 3 is 2.52 bits per heavy atom. The lowest BCUT2D eigenvalue weighted by Crippen LogP contribution is -2.38. The lowest BCUT2D eigenvalue weighted by Gasteiger charge is -2.15. The molecule has 0 bridgehead atoms. The number of hydrogen-bond acceptors (Lipinski definition) is 4. The molecule has 1 aromatic rings. The van der Waals surface area contributed by atoms with Crippen molar-refractivity contribution in [1.29, 1.82) is 0 Å². The number of nitrogens with zero attached hydrogens (tertiary/aromatic N) is 1. The topological polar surface area (TPSA) is 92.5 Å². The third kappa shape index (κ3) is 4.48. The van der Waals surface area contributed by atoms with Crippen LogP contribution >= 0.6 is 12.2 Å². The highest BCUT2D eigenvalue weighted by Gasteiger charge is 2.18. The van der Waals surface area contributed by atoms with Crippen LogP contribution in [0.15, 0.2) is 23.1 Å². The van der Waals surface area contributed by atoms with E-state index in [4.69, 9.17) is 18.0 Å². The van der Waals surface area contributed by atoms with Gasteiger partial charge in [0.1, 0.15) is 4.99 Å². The highest BCUT2D eigenvalue weighted by atomic mass is 32.2. The Bertz CT molecular complexity index is 657. The molecule has 0 heterocycles. The van der Waals surface area contributed by atoms with Gasteiger partial charge in [-0.3, -0.25) is 4.79 Å². The van der Waals surface area contributed by atoms with Crippen LogP contribution in [0.1, 0.15) is 18.1 Å². The van der Waals surface area contributed by atoms with Crippen LogP contribution in [-0.2, 0) is 14.8 Å². The van der Waals surface area contributed by atoms with Crippen LogP contribution in [0.5, 0.6) is 0 Å². The van der Waals surface area contributed by atoms with Crippen LogP contribution in [0.25, 0.3) is 0 Å². The van der Waals surface area contributed by atoms with Crippen molar-refractivity contribution in [2.75, 3.05) is 20.1 Å². The highest BCUT2D eigenvalue weighted by Crippen LogP contribution is 2.15. The maximum Gasteiger partial charge on any atom is 0.241 e. The number of nitrogens with one attached hydrogen (secondary N) is 1. The number of hydrogen-bond donors (Lipinski definition) is 2. The van der Waals surface area contributed by atoms with Crippen LogP contribution in [0.4, 0.5) is 0 Å². The van der Waals surface area contributed by atoms with E-state index in [0.717, 1.165) is 0 Å². The second-order valence-corrected chi connectivity index (χ2v) is 6.78. The van der Waals surface area contributed by atoms with Gasteiger partial charge >= 0.3 is 0 Å². The van der Waals surface area contributed by atoms with Gasteiger partial charge < -0.3 is 10.6 Å². The predicted octanol–water partition coefficient (Wildman–Crippen LogP) is 0.386. The number of aryl methyl sites for hydroxylation is 1. The number of sulfonamides is 1. The third-order valence-corrected chi connectivity index (χ3v) is 4.71. The molecule has 6 nitrogen and oxygen atoms in total. The highest BCUT2D eigenvalue weighted by molar-refractivity contribution is 7.89. The summed E-state index contributed by atoms with van der Waals surface area (Å²) in [5.41, 5.74) is 6.84. The molecule has 116 valence electrons. The molecular weight excluding hydrogens is 310 g/mol. The lowest BCUT2D eigenvalue weighted by atomic mass is 10.1. The molecule has 0 aliphatic rings. The Morgan fingerprint density at radius 2 is 2.05 bits per heavy atom. The van der Waals surface area contributed by atoms with Crippen molar-refractivity contribution >= 4 is 33.1 Å². The van der Waals surface area contributed by atoms with Crippen LogP contribution < -0.4 is 10.5 Å². The van der Waals surface area contributed by atoms with Crippen molar-refractivity contribution in [2.45, 2.75) is 18.7 Å². The van der Waals surface area contributed by atoms with E-state index in [2.05, 4.69) is 4.72 Å². The molecule has 0 aromatic heterocycles. The zero-order chi connectivity index (χ0) is 16.2. The summed E-state index contributed by atoms with van der Waals surface area (Å²) in [5, 5.41) is 0. The van der Waals surface area contributed by atoms with Gasteiger partial charge in [-0.1, -0.05) is 18.3 Å².